The molecule has 22 heavy (non-hydrogen) atoms. The second-order valence-electron chi connectivity index (χ2n) is 5.78. The van der Waals surface area contributed by atoms with Crippen molar-refractivity contribution < 1.29 is 9.53 Å². The second kappa shape index (κ2) is 7.94. The van der Waals surface area contributed by atoms with Gasteiger partial charge in [-0.05, 0) is 43.4 Å². The van der Waals surface area contributed by atoms with E-state index in [9.17, 15) is 4.79 Å². The molecule has 0 bridgehead atoms. The number of amides is 1. The van der Waals surface area contributed by atoms with Crippen LogP contribution in [0.25, 0.3) is 0 Å². The molecule has 0 unspecified atom stereocenters. The minimum absolute atomic E-state index is 0.108. The molecule has 0 aliphatic heterocycles. The van der Waals surface area contributed by atoms with E-state index in [1.54, 1.807) is 19.2 Å². The number of nitrogen functional groups attached to an aromatic ring is 1. The van der Waals surface area contributed by atoms with Crippen LogP contribution in [0.15, 0.2) is 17.1 Å². The third-order valence-electron chi connectivity index (χ3n) is 4.19. The number of methoxy groups -OCH3 is 1. The first-order chi connectivity index (χ1) is 10.6. The number of nitrogens with one attached hydrogen (secondary N) is 1. The summed E-state index contributed by atoms with van der Waals surface area (Å²) in [5, 5.41) is 2.83. The van der Waals surface area contributed by atoms with Gasteiger partial charge >= 0.3 is 0 Å². The predicted molar refractivity (Wildman–Crippen MR) is 89.6 cm³/mol. The molecular weight excluding hydrogens is 278 g/mol. The monoisotopic (exact) mass is 303 g/mol. The van der Waals surface area contributed by atoms with Gasteiger partial charge in [-0.3, -0.25) is 9.79 Å². The number of rotatable bonds is 7. The summed E-state index contributed by atoms with van der Waals surface area (Å²) in [5.41, 5.74) is 9.04. The van der Waals surface area contributed by atoms with Gasteiger partial charge in [0.25, 0.3) is 5.91 Å². The Balaban J connectivity index is 2.08. The lowest BCUT2D eigenvalue weighted by molar-refractivity contribution is 0.0936. The molecular formula is C17H25N3O2. The lowest BCUT2D eigenvalue weighted by Gasteiger charge is -2.22. The average molecular weight is 303 g/mol. The molecule has 1 aliphatic carbocycles. The number of hydrogen-bond donors (Lipinski definition) is 2. The van der Waals surface area contributed by atoms with Crippen molar-refractivity contribution in [2.24, 2.45) is 10.9 Å². The number of benzene rings is 1. The van der Waals surface area contributed by atoms with Gasteiger partial charge in [-0.1, -0.05) is 6.42 Å². The van der Waals surface area contributed by atoms with E-state index in [1.165, 1.54) is 19.3 Å². The van der Waals surface area contributed by atoms with E-state index in [0.717, 1.165) is 23.6 Å². The average Bonchev–Trinajstić information content (AvgIpc) is 2.44. The summed E-state index contributed by atoms with van der Waals surface area (Å²) in [6, 6.07) is 3.53. The Labute approximate surface area is 132 Å². The molecule has 1 saturated carbocycles. The van der Waals surface area contributed by atoms with E-state index in [0.29, 0.717) is 24.4 Å². The first-order valence-electron chi connectivity index (χ1n) is 7.79. The van der Waals surface area contributed by atoms with Crippen LogP contribution in [0.4, 0.5) is 5.69 Å². The van der Waals surface area contributed by atoms with Crippen LogP contribution in [0.2, 0.25) is 0 Å². The fraction of sp³-hybridized carbons (Fsp3) is 0.529. The second-order valence-corrected chi connectivity index (χ2v) is 5.78. The van der Waals surface area contributed by atoms with E-state index in [4.69, 9.17) is 10.5 Å². The normalized spacial score (nSPS) is 15.0. The van der Waals surface area contributed by atoms with Gasteiger partial charge in [0, 0.05) is 43.2 Å². The number of carbonyl (C=O) groups excluding carboxylic acids is 1. The molecule has 5 nitrogen and oxygen atoms in total. The minimum atomic E-state index is -0.108. The molecule has 1 aromatic rings. The van der Waals surface area contributed by atoms with Crippen molar-refractivity contribution in [3.8, 4) is 0 Å². The third-order valence-corrected chi connectivity index (χ3v) is 4.19. The summed E-state index contributed by atoms with van der Waals surface area (Å²) >= 11 is 0. The molecule has 120 valence electrons. The molecule has 1 fully saturated rings. The molecule has 1 aliphatic rings. The number of carbonyl (C=O) groups is 1. The Morgan fingerprint density at radius 2 is 2.27 bits per heavy atom. The molecule has 0 radical (unpaired) electrons. The topological polar surface area (TPSA) is 76.7 Å². The Bertz CT molecular complexity index is 551. The van der Waals surface area contributed by atoms with Gasteiger partial charge in [0.2, 0.25) is 0 Å². The van der Waals surface area contributed by atoms with Crippen molar-refractivity contribution in [1.29, 1.82) is 0 Å². The first kappa shape index (κ1) is 16.5. The summed E-state index contributed by atoms with van der Waals surface area (Å²) in [5.74, 6) is 0.612. The van der Waals surface area contributed by atoms with Crippen LogP contribution in [0.3, 0.4) is 0 Å². The highest BCUT2D eigenvalue weighted by Gasteiger charge is 2.16. The molecule has 5 heteroatoms. The van der Waals surface area contributed by atoms with Gasteiger partial charge in [-0.15, -0.1) is 0 Å². The fourth-order valence-electron chi connectivity index (χ4n) is 2.50. The maximum absolute atomic E-state index is 12.2. The zero-order valence-electron chi connectivity index (χ0n) is 13.4. The van der Waals surface area contributed by atoms with Gasteiger partial charge < -0.3 is 15.8 Å². The van der Waals surface area contributed by atoms with Gasteiger partial charge in [0.15, 0.2) is 0 Å². The van der Waals surface area contributed by atoms with Crippen LogP contribution in [-0.4, -0.2) is 38.9 Å². The highest BCUT2D eigenvalue weighted by atomic mass is 16.5. The lowest BCUT2D eigenvalue weighted by Crippen LogP contribution is -2.27. The molecule has 0 saturated heterocycles. The molecule has 2 rings (SSSR count). The lowest BCUT2D eigenvalue weighted by atomic mass is 9.86. The molecule has 0 spiro atoms. The Morgan fingerprint density at radius 3 is 2.91 bits per heavy atom. The summed E-state index contributed by atoms with van der Waals surface area (Å²) in [6.07, 6.45) is 5.68. The number of ether oxygens (including phenoxy) is 1. The number of nitrogens with zero attached hydrogens (tertiary/aromatic N) is 1. The third kappa shape index (κ3) is 4.07. The molecule has 0 aromatic heterocycles. The molecule has 1 aromatic carbocycles. The molecule has 0 heterocycles. The Hall–Kier alpha value is -1.88. The van der Waals surface area contributed by atoms with Crippen molar-refractivity contribution >= 4 is 17.8 Å². The van der Waals surface area contributed by atoms with Crippen molar-refractivity contribution in [3.05, 3.63) is 28.8 Å². The quantitative estimate of drug-likeness (QED) is 0.460. The van der Waals surface area contributed by atoms with Crippen LogP contribution in [0, 0.1) is 12.8 Å². The van der Waals surface area contributed by atoms with Gasteiger partial charge in [0.1, 0.15) is 0 Å². The van der Waals surface area contributed by atoms with Gasteiger partial charge in [0.05, 0.1) is 6.61 Å². The van der Waals surface area contributed by atoms with Crippen molar-refractivity contribution in [1.82, 2.24) is 5.32 Å². The predicted octanol–water partition coefficient (Wildman–Crippen LogP) is 2.17. The number of aliphatic imine (C=N–C) groups is 1. The van der Waals surface area contributed by atoms with Crippen LogP contribution in [-0.2, 0) is 4.74 Å². The van der Waals surface area contributed by atoms with Crippen molar-refractivity contribution in [2.45, 2.75) is 26.2 Å². The van der Waals surface area contributed by atoms with Gasteiger partial charge in [-0.25, -0.2) is 0 Å². The van der Waals surface area contributed by atoms with E-state index in [-0.39, 0.29) is 5.91 Å². The summed E-state index contributed by atoms with van der Waals surface area (Å²) in [4.78, 5) is 16.7. The SMILES string of the molecule is COCCNC(=O)c1ccc(N)c(C=NCC2CCC2)c1C. The van der Waals surface area contributed by atoms with E-state index in [2.05, 4.69) is 10.3 Å². The molecule has 3 N–H and O–H groups in total. The first-order valence-corrected chi connectivity index (χ1v) is 7.79. The molecule has 1 amide bonds. The van der Waals surface area contributed by atoms with Gasteiger partial charge in [-0.2, -0.15) is 0 Å². The molecule has 0 atom stereocenters. The minimum Gasteiger partial charge on any atom is -0.398 e. The number of hydrogen-bond acceptors (Lipinski definition) is 4. The van der Waals surface area contributed by atoms with Crippen LogP contribution < -0.4 is 11.1 Å². The maximum atomic E-state index is 12.2. The maximum Gasteiger partial charge on any atom is 0.251 e. The highest BCUT2D eigenvalue weighted by Crippen LogP contribution is 2.26. The van der Waals surface area contributed by atoms with Crippen LogP contribution in [0.5, 0.6) is 0 Å². The summed E-state index contributed by atoms with van der Waals surface area (Å²) < 4.78 is 4.94. The van der Waals surface area contributed by atoms with Crippen molar-refractivity contribution in [2.75, 3.05) is 32.5 Å². The number of anilines is 1. The smallest absolute Gasteiger partial charge is 0.251 e. The van der Waals surface area contributed by atoms with Crippen LogP contribution in [0.1, 0.15) is 40.7 Å². The van der Waals surface area contributed by atoms with E-state index in [1.807, 2.05) is 13.1 Å². The zero-order valence-corrected chi connectivity index (χ0v) is 13.4. The Kier molecular flexibility index (Phi) is 5.95. The van der Waals surface area contributed by atoms with Crippen molar-refractivity contribution in [3.63, 3.8) is 0 Å². The standard InChI is InChI=1S/C17H25N3O2/c1-12-14(17(21)20-8-9-22-2)6-7-16(18)15(12)11-19-10-13-4-3-5-13/h6-7,11,13H,3-5,8-10,18H2,1-2H3,(H,20,21). The van der Waals surface area contributed by atoms with Crippen LogP contribution >= 0.6 is 0 Å². The van der Waals surface area contributed by atoms with E-state index >= 15 is 0 Å². The largest absolute Gasteiger partial charge is 0.398 e. The summed E-state index contributed by atoms with van der Waals surface area (Å²) in [6.45, 7) is 3.75. The van der Waals surface area contributed by atoms with E-state index < -0.39 is 0 Å². The fourth-order valence-corrected chi connectivity index (χ4v) is 2.50. The number of nitrogens with two attached hydrogens (primary N) is 1. The highest BCUT2D eigenvalue weighted by molar-refractivity contribution is 6.00. The zero-order chi connectivity index (χ0) is 15.9. The summed E-state index contributed by atoms with van der Waals surface area (Å²) in [7, 11) is 1.61. The Morgan fingerprint density at radius 1 is 1.50 bits per heavy atom.